The van der Waals surface area contributed by atoms with E-state index in [4.69, 9.17) is 10.00 Å². The molecular formula is C17H17F2N3O. The average molecular weight is 317 g/mol. The highest BCUT2D eigenvalue weighted by molar-refractivity contribution is 5.57. The molecule has 2 aromatic rings. The summed E-state index contributed by atoms with van der Waals surface area (Å²) in [5, 5.41) is 8.68. The Morgan fingerprint density at radius 3 is 2.57 bits per heavy atom. The van der Waals surface area contributed by atoms with Crippen LogP contribution in [-0.4, -0.2) is 16.6 Å². The van der Waals surface area contributed by atoms with Crippen LogP contribution in [0.3, 0.4) is 0 Å². The van der Waals surface area contributed by atoms with Gasteiger partial charge in [0.05, 0.1) is 6.61 Å². The molecule has 2 rings (SSSR count). The standard InChI is InChI=1S/C17H17F2N3O/c1-2-3-4-5-8-23-16-6-7-21-17(22-16)12-9-14(18)13(11-20)15(19)10-12/h6-7,9-10H,2-5,8H2,1H3. The third kappa shape index (κ3) is 4.46. The second-order valence-corrected chi connectivity index (χ2v) is 5.05. The van der Waals surface area contributed by atoms with Crippen LogP contribution in [0.1, 0.15) is 38.2 Å². The van der Waals surface area contributed by atoms with E-state index in [-0.39, 0.29) is 11.4 Å². The first kappa shape index (κ1) is 16.8. The minimum atomic E-state index is -0.933. The van der Waals surface area contributed by atoms with Crippen molar-refractivity contribution in [3.8, 4) is 23.3 Å². The molecular weight excluding hydrogens is 300 g/mol. The third-order valence-electron chi connectivity index (χ3n) is 3.29. The Kier molecular flexibility index (Phi) is 5.98. The van der Waals surface area contributed by atoms with Crippen molar-refractivity contribution in [2.75, 3.05) is 6.61 Å². The summed E-state index contributed by atoms with van der Waals surface area (Å²) in [7, 11) is 0. The molecule has 0 saturated heterocycles. The van der Waals surface area contributed by atoms with Crippen LogP contribution in [0, 0.1) is 23.0 Å². The number of hydrogen-bond donors (Lipinski definition) is 0. The minimum absolute atomic E-state index is 0.151. The number of halogens is 2. The van der Waals surface area contributed by atoms with E-state index in [9.17, 15) is 8.78 Å². The summed E-state index contributed by atoms with van der Waals surface area (Å²) in [6, 6.07) is 5.17. The molecule has 0 saturated carbocycles. The zero-order valence-electron chi connectivity index (χ0n) is 12.9. The lowest BCUT2D eigenvalue weighted by molar-refractivity contribution is 0.293. The lowest BCUT2D eigenvalue weighted by atomic mass is 10.1. The Bertz CT molecular complexity index is 690. The van der Waals surface area contributed by atoms with Crippen LogP contribution in [0.25, 0.3) is 11.4 Å². The Labute approximate surface area is 133 Å². The van der Waals surface area contributed by atoms with Gasteiger partial charge in [-0.3, -0.25) is 0 Å². The summed E-state index contributed by atoms with van der Waals surface area (Å²) in [6.45, 7) is 2.67. The molecule has 0 aliphatic rings. The first-order valence-electron chi connectivity index (χ1n) is 7.51. The highest BCUT2D eigenvalue weighted by Gasteiger charge is 2.13. The summed E-state index contributed by atoms with van der Waals surface area (Å²) in [5.41, 5.74) is -0.451. The van der Waals surface area contributed by atoms with Crippen LogP contribution in [0.15, 0.2) is 24.4 Å². The maximum Gasteiger partial charge on any atom is 0.216 e. The number of nitriles is 1. The second-order valence-electron chi connectivity index (χ2n) is 5.05. The van der Waals surface area contributed by atoms with Gasteiger partial charge in [-0.1, -0.05) is 26.2 Å². The first-order valence-corrected chi connectivity index (χ1v) is 7.51. The van der Waals surface area contributed by atoms with Crippen LogP contribution < -0.4 is 4.74 Å². The predicted octanol–water partition coefficient (Wildman–Crippen LogP) is 4.25. The van der Waals surface area contributed by atoms with E-state index < -0.39 is 17.2 Å². The highest BCUT2D eigenvalue weighted by Crippen LogP contribution is 2.22. The summed E-state index contributed by atoms with van der Waals surface area (Å²) < 4.78 is 32.9. The van der Waals surface area contributed by atoms with Gasteiger partial charge in [-0.2, -0.15) is 10.2 Å². The van der Waals surface area contributed by atoms with E-state index in [1.165, 1.54) is 12.3 Å². The normalized spacial score (nSPS) is 10.3. The largest absolute Gasteiger partial charge is 0.478 e. The van der Waals surface area contributed by atoms with Crippen LogP contribution in [0.5, 0.6) is 5.88 Å². The SMILES string of the molecule is CCCCCCOc1ccnc(-c2cc(F)c(C#N)c(F)c2)n1. The van der Waals surface area contributed by atoms with Gasteiger partial charge in [0.25, 0.3) is 0 Å². The molecule has 0 radical (unpaired) electrons. The maximum atomic E-state index is 13.7. The molecule has 23 heavy (non-hydrogen) atoms. The van der Waals surface area contributed by atoms with Crippen molar-refractivity contribution in [1.29, 1.82) is 5.26 Å². The molecule has 0 amide bonds. The van der Waals surface area contributed by atoms with Crippen LogP contribution in [0.4, 0.5) is 8.78 Å². The molecule has 0 bridgehead atoms. The summed E-state index contributed by atoms with van der Waals surface area (Å²) in [4.78, 5) is 8.15. The topological polar surface area (TPSA) is 58.8 Å². The van der Waals surface area contributed by atoms with Gasteiger partial charge in [-0.25, -0.2) is 13.8 Å². The fraction of sp³-hybridized carbons (Fsp3) is 0.353. The lowest BCUT2D eigenvalue weighted by Crippen LogP contribution is -2.01. The van der Waals surface area contributed by atoms with E-state index in [1.807, 2.05) is 0 Å². The quantitative estimate of drug-likeness (QED) is 0.716. The number of benzene rings is 1. The molecule has 1 aromatic carbocycles. The van der Waals surface area contributed by atoms with Crippen molar-refractivity contribution in [3.63, 3.8) is 0 Å². The monoisotopic (exact) mass is 317 g/mol. The predicted molar refractivity (Wildman–Crippen MR) is 81.7 cm³/mol. The molecule has 0 aliphatic carbocycles. The molecule has 0 unspecified atom stereocenters. The van der Waals surface area contributed by atoms with Crippen molar-refractivity contribution < 1.29 is 13.5 Å². The Hall–Kier alpha value is -2.55. The third-order valence-corrected chi connectivity index (χ3v) is 3.29. The molecule has 0 atom stereocenters. The molecule has 1 aromatic heterocycles. The number of rotatable bonds is 7. The van der Waals surface area contributed by atoms with E-state index in [0.29, 0.717) is 12.5 Å². The number of unbranched alkanes of at least 4 members (excludes halogenated alkanes) is 3. The summed E-state index contributed by atoms with van der Waals surface area (Å²) in [5.74, 6) is -1.36. The van der Waals surface area contributed by atoms with Crippen molar-refractivity contribution in [2.45, 2.75) is 32.6 Å². The molecule has 0 N–H and O–H groups in total. The lowest BCUT2D eigenvalue weighted by Gasteiger charge is -2.07. The zero-order valence-corrected chi connectivity index (χ0v) is 12.9. The van der Waals surface area contributed by atoms with Crippen molar-refractivity contribution >= 4 is 0 Å². The Morgan fingerprint density at radius 1 is 1.17 bits per heavy atom. The van der Waals surface area contributed by atoms with Gasteiger partial charge in [0.2, 0.25) is 5.88 Å². The van der Waals surface area contributed by atoms with E-state index >= 15 is 0 Å². The van der Waals surface area contributed by atoms with Gasteiger partial charge < -0.3 is 4.74 Å². The second kappa shape index (κ2) is 8.18. The summed E-state index contributed by atoms with van der Waals surface area (Å²) in [6.07, 6.45) is 5.78. The van der Waals surface area contributed by atoms with Gasteiger partial charge in [0.15, 0.2) is 5.82 Å². The average Bonchev–Trinajstić information content (AvgIpc) is 2.54. The van der Waals surface area contributed by atoms with Crippen LogP contribution in [-0.2, 0) is 0 Å². The fourth-order valence-electron chi connectivity index (χ4n) is 2.08. The van der Waals surface area contributed by atoms with E-state index in [1.54, 1.807) is 6.07 Å². The van der Waals surface area contributed by atoms with Crippen molar-refractivity contribution in [3.05, 3.63) is 41.6 Å². The van der Waals surface area contributed by atoms with E-state index in [2.05, 4.69) is 16.9 Å². The van der Waals surface area contributed by atoms with Gasteiger partial charge in [0, 0.05) is 17.8 Å². The van der Waals surface area contributed by atoms with Crippen molar-refractivity contribution in [1.82, 2.24) is 9.97 Å². The first-order chi connectivity index (χ1) is 11.2. The Morgan fingerprint density at radius 2 is 1.91 bits per heavy atom. The van der Waals surface area contributed by atoms with Crippen LogP contribution in [0.2, 0.25) is 0 Å². The number of ether oxygens (including phenoxy) is 1. The molecule has 0 aliphatic heterocycles. The molecule has 0 spiro atoms. The van der Waals surface area contributed by atoms with Gasteiger partial charge in [-0.05, 0) is 18.6 Å². The highest BCUT2D eigenvalue weighted by atomic mass is 19.1. The maximum absolute atomic E-state index is 13.7. The van der Waals surface area contributed by atoms with Gasteiger partial charge >= 0.3 is 0 Å². The zero-order chi connectivity index (χ0) is 16.7. The van der Waals surface area contributed by atoms with Gasteiger partial charge in [0.1, 0.15) is 23.3 Å². The number of nitrogens with zero attached hydrogens (tertiary/aromatic N) is 3. The minimum Gasteiger partial charge on any atom is -0.478 e. The molecule has 6 heteroatoms. The van der Waals surface area contributed by atoms with Crippen LogP contribution >= 0.6 is 0 Å². The Balaban J connectivity index is 2.12. The number of aromatic nitrogens is 2. The fourth-order valence-corrected chi connectivity index (χ4v) is 2.08. The molecule has 120 valence electrons. The van der Waals surface area contributed by atoms with E-state index in [0.717, 1.165) is 37.8 Å². The van der Waals surface area contributed by atoms with Gasteiger partial charge in [-0.15, -0.1) is 0 Å². The smallest absolute Gasteiger partial charge is 0.216 e. The summed E-state index contributed by atoms with van der Waals surface area (Å²) >= 11 is 0. The molecule has 1 heterocycles. The van der Waals surface area contributed by atoms with Crippen molar-refractivity contribution in [2.24, 2.45) is 0 Å². The molecule has 4 nitrogen and oxygen atoms in total. The number of hydrogen-bond acceptors (Lipinski definition) is 4. The molecule has 0 fully saturated rings.